The third-order valence-corrected chi connectivity index (χ3v) is 6.20. The van der Waals surface area contributed by atoms with Gasteiger partial charge < -0.3 is 4.90 Å². The molecule has 2 atom stereocenters. The van der Waals surface area contributed by atoms with Gasteiger partial charge >= 0.3 is 0 Å². The van der Waals surface area contributed by atoms with Crippen molar-refractivity contribution in [2.45, 2.75) is 12.3 Å². The molecule has 0 spiro atoms. The Morgan fingerprint density at radius 3 is 2.35 bits per heavy atom. The van der Waals surface area contributed by atoms with E-state index in [-0.39, 0.29) is 23.3 Å². The number of hydrogen-bond donors (Lipinski definition) is 0. The molecule has 1 aliphatic heterocycles. The van der Waals surface area contributed by atoms with Crippen LogP contribution in [0, 0.1) is 5.92 Å². The largest absolute Gasteiger partial charge is 0.340 e. The smallest absolute Gasteiger partial charge is 0.226 e. The average molecular weight is 358 g/mol. The summed E-state index contributed by atoms with van der Waals surface area (Å²) < 4.78 is 23.8. The maximum Gasteiger partial charge on any atom is 0.226 e. The summed E-state index contributed by atoms with van der Waals surface area (Å²) in [6.45, 7) is 0.704. The molecule has 1 saturated carbocycles. The lowest BCUT2D eigenvalue weighted by Crippen LogP contribution is -2.44. The fourth-order valence-corrected chi connectivity index (χ4v) is 4.18. The molecule has 0 radical (unpaired) electrons. The van der Waals surface area contributed by atoms with Gasteiger partial charge in [-0.05, 0) is 30.0 Å². The molecule has 20 heavy (non-hydrogen) atoms. The lowest BCUT2D eigenvalue weighted by molar-refractivity contribution is -0.132. The van der Waals surface area contributed by atoms with E-state index in [0.717, 1.165) is 10.9 Å². The first-order valence-corrected chi connectivity index (χ1v) is 9.32. The first-order valence-electron chi connectivity index (χ1n) is 6.71. The van der Waals surface area contributed by atoms with Gasteiger partial charge in [0.1, 0.15) is 0 Å². The minimum absolute atomic E-state index is 0.0389. The maximum absolute atomic E-state index is 12.3. The molecule has 2 unspecified atom stereocenters. The summed E-state index contributed by atoms with van der Waals surface area (Å²) in [5, 5.41) is 0. The summed E-state index contributed by atoms with van der Waals surface area (Å²) in [6.07, 6.45) is 0.879. The molecular formula is C14H16BrNO3S. The zero-order valence-electron chi connectivity index (χ0n) is 11.0. The third-order valence-electron chi connectivity index (χ3n) is 4.06. The van der Waals surface area contributed by atoms with Gasteiger partial charge in [-0.15, -0.1) is 0 Å². The summed E-state index contributed by atoms with van der Waals surface area (Å²) in [5.41, 5.74) is 1.19. The van der Waals surface area contributed by atoms with Crippen LogP contribution in [0.4, 0.5) is 0 Å². The van der Waals surface area contributed by atoms with Gasteiger partial charge in [0.15, 0.2) is 9.84 Å². The summed E-state index contributed by atoms with van der Waals surface area (Å²) in [5.74, 6) is 0.668. The Balaban J connectivity index is 1.62. The molecule has 1 saturated heterocycles. The summed E-state index contributed by atoms with van der Waals surface area (Å²) in [4.78, 5) is 14.1. The maximum atomic E-state index is 12.3. The summed E-state index contributed by atoms with van der Waals surface area (Å²) >= 11 is 3.40. The fraction of sp³-hybridized carbons (Fsp3) is 0.500. The number of hydrogen-bond acceptors (Lipinski definition) is 3. The van der Waals surface area contributed by atoms with E-state index >= 15 is 0 Å². The highest BCUT2D eigenvalue weighted by atomic mass is 79.9. The van der Waals surface area contributed by atoms with Crippen molar-refractivity contribution in [3.63, 3.8) is 0 Å². The van der Waals surface area contributed by atoms with E-state index in [0.29, 0.717) is 19.0 Å². The van der Waals surface area contributed by atoms with Crippen LogP contribution in [0.5, 0.6) is 0 Å². The number of carbonyl (C=O) groups is 1. The van der Waals surface area contributed by atoms with Crippen LogP contribution >= 0.6 is 15.9 Å². The van der Waals surface area contributed by atoms with Crippen molar-refractivity contribution in [3.05, 3.63) is 34.3 Å². The van der Waals surface area contributed by atoms with E-state index < -0.39 is 9.84 Å². The van der Waals surface area contributed by atoms with Crippen LogP contribution in [0.3, 0.4) is 0 Å². The van der Waals surface area contributed by atoms with Gasteiger partial charge in [-0.1, -0.05) is 28.1 Å². The second-order valence-corrected chi connectivity index (χ2v) is 8.70. The Morgan fingerprint density at radius 1 is 1.15 bits per heavy atom. The normalized spacial score (nSPS) is 28.1. The summed E-state index contributed by atoms with van der Waals surface area (Å²) in [7, 11) is -2.92. The number of rotatable bonds is 2. The minimum atomic E-state index is -2.92. The van der Waals surface area contributed by atoms with Gasteiger partial charge in [0.25, 0.3) is 0 Å². The SMILES string of the molecule is O=C(C1CC1c1ccc(Br)cc1)N1CCS(=O)(=O)CC1. The van der Waals surface area contributed by atoms with Gasteiger partial charge in [0, 0.05) is 23.5 Å². The molecule has 4 nitrogen and oxygen atoms in total. The Hall–Kier alpha value is -0.880. The zero-order valence-corrected chi connectivity index (χ0v) is 13.4. The molecule has 3 rings (SSSR count). The van der Waals surface area contributed by atoms with Crippen molar-refractivity contribution in [2.24, 2.45) is 5.92 Å². The molecule has 1 aromatic rings. The van der Waals surface area contributed by atoms with Crippen molar-refractivity contribution >= 4 is 31.7 Å². The molecule has 1 heterocycles. The Morgan fingerprint density at radius 2 is 1.75 bits per heavy atom. The van der Waals surface area contributed by atoms with Crippen LogP contribution in [0.25, 0.3) is 0 Å². The van der Waals surface area contributed by atoms with Crippen LogP contribution in [0.1, 0.15) is 17.9 Å². The van der Waals surface area contributed by atoms with Gasteiger partial charge in [-0.2, -0.15) is 0 Å². The van der Waals surface area contributed by atoms with Crippen molar-refractivity contribution in [3.8, 4) is 0 Å². The van der Waals surface area contributed by atoms with Gasteiger partial charge in [0.2, 0.25) is 5.91 Å². The highest BCUT2D eigenvalue weighted by molar-refractivity contribution is 9.10. The molecule has 0 N–H and O–H groups in total. The molecule has 108 valence electrons. The molecule has 0 bridgehead atoms. The van der Waals surface area contributed by atoms with Crippen LogP contribution in [0.2, 0.25) is 0 Å². The van der Waals surface area contributed by atoms with Crippen molar-refractivity contribution < 1.29 is 13.2 Å². The van der Waals surface area contributed by atoms with E-state index in [9.17, 15) is 13.2 Å². The molecule has 2 aliphatic rings. The Labute approximate surface area is 127 Å². The number of halogens is 1. The van der Waals surface area contributed by atoms with Gasteiger partial charge in [-0.25, -0.2) is 8.42 Å². The molecule has 6 heteroatoms. The monoisotopic (exact) mass is 357 g/mol. The van der Waals surface area contributed by atoms with Crippen LogP contribution in [-0.4, -0.2) is 43.8 Å². The van der Waals surface area contributed by atoms with Crippen LogP contribution in [0.15, 0.2) is 28.7 Å². The topological polar surface area (TPSA) is 54.5 Å². The third kappa shape index (κ3) is 2.91. The first-order chi connectivity index (χ1) is 9.46. The highest BCUT2D eigenvalue weighted by Gasteiger charge is 2.46. The fourth-order valence-electron chi connectivity index (χ4n) is 2.71. The van der Waals surface area contributed by atoms with E-state index in [2.05, 4.69) is 15.9 Å². The average Bonchev–Trinajstić information content (AvgIpc) is 3.19. The highest BCUT2D eigenvalue weighted by Crippen LogP contribution is 2.48. The van der Waals surface area contributed by atoms with Gasteiger partial charge in [-0.3, -0.25) is 4.79 Å². The Bertz CT molecular complexity index is 612. The molecule has 1 aliphatic carbocycles. The number of nitrogens with zero attached hydrogens (tertiary/aromatic N) is 1. The second-order valence-electron chi connectivity index (χ2n) is 5.48. The quantitative estimate of drug-likeness (QED) is 0.810. The second kappa shape index (κ2) is 5.15. The van der Waals surface area contributed by atoms with Crippen LogP contribution in [-0.2, 0) is 14.6 Å². The predicted octanol–water partition coefficient (Wildman–Crippen LogP) is 1.81. The lowest BCUT2D eigenvalue weighted by Gasteiger charge is -2.27. The van der Waals surface area contributed by atoms with Crippen molar-refractivity contribution in [2.75, 3.05) is 24.6 Å². The van der Waals surface area contributed by atoms with E-state index in [1.165, 1.54) is 5.56 Å². The van der Waals surface area contributed by atoms with Crippen molar-refractivity contribution in [1.29, 1.82) is 0 Å². The predicted molar refractivity (Wildman–Crippen MR) is 80.2 cm³/mol. The molecule has 0 aromatic heterocycles. The van der Waals surface area contributed by atoms with E-state index in [4.69, 9.17) is 0 Å². The first kappa shape index (κ1) is 14.1. The summed E-state index contributed by atoms with van der Waals surface area (Å²) in [6, 6.07) is 8.07. The molecular weight excluding hydrogens is 342 g/mol. The lowest BCUT2D eigenvalue weighted by atomic mass is 10.1. The Kier molecular flexibility index (Phi) is 3.62. The number of amides is 1. The molecule has 1 aromatic carbocycles. The number of sulfone groups is 1. The number of benzene rings is 1. The van der Waals surface area contributed by atoms with E-state index in [1.54, 1.807) is 4.90 Å². The minimum Gasteiger partial charge on any atom is -0.340 e. The number of carbonyl (C=O) groups excluding carboxylic acids is 1. The molecule has 2 fully saturated rings. The van der Waals surface area contributed by atoms with Crippen LogP contribution < -0.4 is 0 Å². The molecule has 1 amide bonds. The zero-order chi connectivity index (χ0) is 14.3. The standard InChI is InChI=1S/C14H16BrNO3S/c15-11-3-1-10(2-4-11)12-9-13(12)14(17)16-5-7-20(18,19)8-6-16/h1-4,12-13H,5-9H2. The van der Waals surface area contributed by atoms with Crippen molar-refractivity contribution in [1.82, 2.24) is 4.90 Å². The van der Waals surface area contributed by atoms with E-state index in [1.807, 2.05) is 24.3 Å². The van der Waals surface area contributed by atoms with Gasteiger partial charge in [0.05, 0.1) is 11.5 Å².